The van der Waals surface area contributed by atoms with Gasteiger partial charge in [0.2, 0.25) is 0 Å². The lowest BCUT2D eigenvalue weighted by atomic mass is 9.52. The van der Waals surface area contributed by atoms with Gasteiger partial charge in [-0.1, -0.05) is 223 Å². The highest BCUT2D eigenvalue weighted by Crippen LogP contribution is 2.58. The summed E-state index contributed by atoms with van der Waals surface area (Å²) in [5, 5.41) is 10.4. The predicted molar refractivity (Wildman–Crippen MR) is 484 cm³/mol. The van der Waals surface area contributed by atoms with Gasteiger partial charge in [-0.2, -0.15) is 0 Å². The van der Waals surface area contributed by atoms with E-state index in [2.05, 4.69) is 246 Å². The normalized spacial score (nSPS) is 27.0. The van der Waals surface area contributed by atoms with Crippen LogP contribution in [0.4, 0.5) is 0 Å². The predicted octanol–water partition coefficient (Wildman–Crippen LogP) is 21.4. The molecule has 9 saturated heterocycles. The second-order valence-electron chi connectivity index (χ2n) is 46.2. The molecule has 14 rings (SSSR count). The zero-order valence-electron chi connectivity index (χ0n) is 80.4. The van der Waals surface area contributed by atoms with Crippen molar-refractivity contribution in [1.29, 1.82) is 0 Å². The van der Waals surface area contributed by atoms with Crippen molar-refractivity contribution in [2.24, 2.45) is 110 Å². The first kappa shape index (κ1) is 98.1. The number of rotatable bonds is 21. The molecule has 1 N–H and O–H groups in total. The summed E-state index contributed by atoms with van der Waals surface area (Å²) < 4.78 is 30.1. The van der Waals surface area contributed by atoms with Crippen LogP contribution in [0, 0.1) is 110 Å². The number of aliphatic hydroxyl groups is 1. The van der Waals surface area contributed by atoms with E-state index in [0.717, 1.165) is 155 Å². The maximum absolute atomic E-state index is 10.4. The van der Waals surface area contributed by atoms with Gasteiger partial charge in [-0.15, -0.1) is 0 Å². The van der Waals surface area contributed by atoms with Crippen LogP contribution in [-0.2, 0) is 23.7 Å². The van der Waals surface area contributed by atoms with Crippen LogP contribution in [0.1, 0.15) is 309 Å². The lowest BCUT2D eigenvalue weighted by molar-refractivity contribution is -0.198. The van der Waals surface area contributed by atoms with E-state index in [1.165, 1.54) is 194 Å². The molecule has 4 aliphatic carbocycles. The first-order valence-electron chi connectivity index (χ1n) is 48.6. The first-order valence-corrected chi connectivity index (χ1v) is 48.6. The fourth-order valence-corrected chi connectivity index (χ4v) is 21.8. The maximum atomic E-state index is 10.4. The molecule has 0 aromatic rings. The van der Waals surface area contributed by atoms with E-state index < -0.39 is 0 Å². The van der Waals surface area contributed by atoms with Gasteiger partial charge in [-0.25, -0.2) is 0 Å². The average Bonchev–Trinajstić information content (AvgIpc) is 1.51. The quantitative estimate of drug-likeness (QED) is 0.111. The summed E-state index contributed by atoms with van der Waals surface area (Å²) in [6.07, 6.45) is 30.8. The highest BCUT2D eigenvalue weighted by Gasteiger charge is 2.56. The average molecular weight is 1600 g/mol. The second kappa shape index (κ2) is 43.3. The SMILES string of the molecule is CC(C)CN1CC2(C=C(C(C)C)C2)C1.CC(C)CN1CCC2(C=C(C(C)C)C2)CC1.CC(C)CN1CCC2(C=C(C(C)C)CO2)CC1.CC(C)CN1CCC2(CC1)CC(C(C)C)C2.CC(C)CN1CCC2(CC1)CC(O)(C(C)C)C2.CC(C)CN1CCC2(CC1)COC(C(C)C)O2.CC(C)CN1CCC2(CC1)OCC(C(C)C)O2. The molecular formula is C101H189N7O6. The molecule has 2 atom stereocenters. The van der Waals surface area contributed by atoms with Gasteiger partial charge in [0, 0.05) is 122 Å². The molecule has 0 aromatic heterocycles. The molecule has 14 aliphatic rings. The van der Waals surface area contributed by atoms with E-state index in [1.54, 1.807) is 11.1 Å². The summed E-state index contributed by atoms with van der Waals surface area (Å²) in [4.78, 5) is 18.2. The van der Waals surface area contributed by atoms with E-state index in [9.17, 15) is 5.11 Å². The minimum Gasteiger partial charge on any atom is -0.390 e. The molecule has 10 aliphatic heterocycles. The van der Waals surface area contributed by atoms with Gasteiger partial charge in [0.25, 0.3) is 0 Å². The van der Waals surface area contributed by atoms with Crippen molar-refractivity contribution in [3.05, 3.63) is 34.9 Å². The summed E-state index contributed by atoms with van der Waals surface area (Å²) >= 11 is 0. The van der Waals surface area contributed by atoms with Gasteiger partial charge in [0.1, 0.15) is 0 Å². The minimum atomic E-state index is -0.347. The fourth-order valence-electron chi connectivity index (χ4n) is 21.8. The number of allylic oxidation sites excluding steroid dienone is 3. The molecule has 0 aromatic carbocycles. The van der Waals surface area contributed by atoms with Crippen molar-refractivity contribution in [2.75, 3.05) is 157 Å². The Morgan fingerprint density at radius 3 is 1.07 bits per heavy atom. The third-order valence-electron chi connectivity index (χ3n) is 29.3. The lowest BCUT2D eigenvalue weighted by Crippen LogP contribution is -2.59. The molecule has 13 heteroatoms. The molecule has 10 heterocycles. The smallest absolute Gasteiger partial charge is 0.171 e. The number of hydrogen-bond acceptors (Lipinski definition) is 13. The number of piperidine rings is 6. The van der Waals surface area contributed by atoms with Gasteiger partial charge < -0.3 is 63.1 Å². The van der Waals surface area contributed by atoms with Gasteiger partial charge >= 0.3 is 0 Å². The standard InChI is InChI=1S/C15H27NO.C15H29NO.C15H29N.C15H27N.2C14H27NO2.C13H23N/c1-12(2)10-16-7-5-15(6-8-16)9-14(11-17-15)13(3)4;1-12(2)9-16-7-5-14(6-8-16)10-15(17,11-14)13(3)4;2*1-12(2)11-16-7-5-15(6-8-16)9-14(10-15)13(3)4;1-11(2)9-15-7-5-14(6-8-15)10-16-13(17-14)12(3)4;1-11(2)9-15-7-5-14(6-8-15)16-10-13(17-14)12(3)4;1-10(2)7-14-8-13(9-14)5-12(6-13)11(3)4/h9,12-13H,5-8,10-11H2,1-4H3;12-13,17H,5-11H2,1-4H3;12-14H,5-11H2,1-4H3;9,12-13H,5-8,10-11H2,1-4H3;2*11-13H,5-10H2,1-4H3;5,10-11H,6-9H2,1-4H3. The van der Waals surface area contributed by atoms with E-state index in [4.69, 9.17) is 23.7 Å². The van der Waals surface area contributed by atoms with Crippen LogP contribution in [0.15, 0.2) is 34.9 Å². The monoisotopic (exact) mass is 1600 g/mol. The van der Waals surface area contributed by atoms with Crippen molar-refractivity contribution in [3.8, 4) is 0 Å². The summed E-state index contributed by atoms with van der Waals surface area (Å²) in [5.74, 6) is 10.9. The van der Waals surface area contributed by atoms with Crippen molar-refractivity contribution < 1.29 is 28.8 Å². The van der Waals surface area contributed by atoms with Crippen molar-refractivity contribution in [1.82, 2.24) is 34.3 Å². The van der Waals surface area contributed by atoms with Gasteiger partial charge in [0.05, 0.1) is 42.7 Å². The Bertz CT molecular complexity index is 2780. The molecule has 0 bridgehead atoms. The Morgan fingerprint density at radius 2 is 0.728 bits per heavy atom. The third-order valence-corrected chi connectivity index (χ3v) is 29.3. The highest BCUT2D eigenvalue weighted by molar-refractivity contribution is 5.30. The molecular weight excluding hydrogens is 1410 g/mol. The van der Waals surface area contributed by atoms with E-state index in [1.807, 2.05) is 0 Å². The second-order valence-corrected chi connectivity index (χ2v) is 46.2. The zero-order valence-corrected chi connectivity index (χ0v) is 80.4. The molecule has 11 fully saturated rings. The Labute approximate surface area is 706 Å². The summed E-state index contributed by atoms with van der Waals surface area (Å²) in [5.41, 5.74) is 7.18. The van der Waals surface area contributed by atoms with Gasteiger partial charge in [-0.05, 0) is 247 Å². The number of nitrogens with zero attached hydrogens (tertiary/aromatic N) is 7. The zero-order chi connectivity index (χ0) is 83.9. The molecule has 664 valence electrons. The maximum Gasteiger partial charge on any atom is 0.171 e. The van der Waals surface area contributed by atoms with E-state index in [0.29, 0.717) is 46.0 Å². The van der Waals surface area contributed by atoms with Crippen LogP contribution in [0.5, 0.6) is 0 Å². The van der Waals surface area contributed by atoms with Crippen LogP contribution in [0.2, 0.25) is 0 Å². The summed E-state index contributed by atoms with van der Waals surface area (Å²) in [6, 6.07) is 0. The Morgan fingerprint density at radius 1 is 0.368 bits per heavy atom. The van der Waals surface area contributed by atoms with Crippen molar-refractivity contribution in [2.45, 2.75) is 344 Å². The Kier molecular flexibility index (Phi) is 37.3. The largest absolute Gasteiger partial charge is 0.390 e. The third kappa shape index (κ3) is 29.2. The number of hydrogen-bond donors (Lipinski definition) is 1. The van der Waals surface area contributed by atoms with Gasteiger partial charge in [0.15, 0.2) is 12.1 Å². The van der Waals surface area contributed by atoms with Crippen LogP contribution >= 0.6 is 0 Å². The molecule has 2 saturated carbocycles. The first-order chi connectivity index (χ1) is 53.4. The molecule has 0 amide bonds. The molecule has 7 spiro atoms. The molecule has 13 nitrogen and oxygen atoms in total. The van der Waals surface area contributed by atoms with Crippen LogP contribution in [-0.4, -0.2) is 232 Å². The van der Waals surface area contributed by atoms with Crippen LogP contribution in [0.3, 0.4) is 0 Å². The lowest BCUT2D eigenvalue weighted by Gasteiger charge is -2.58. The minimum absolute atomic E-state index is 0.0200. The molecule has 114 heavy (non-hydrogen) atoms. The summed E-state index contributed by atoms with van der Waals surface area (Å²) in [6.45, 7) is 92.5. The van der Waals surface area contributed by atoms with E-state index >= 15 is 0 Å². The Balaban J connectivity index is 0.000000167. The topological polar surface area (TPSA) is 89.1 Å². The summed E-state index contributed by atoms with van der Waals surface area (Å²) in [7, 11) is 0. The van der Waals surface area contributed by atoms with Crippen LogP contribution in [0.25, 0.3) is 0 Å². The highest BCUT2D eigenvalue weighted by atomic mass is 16.7. The van der Waals surface area contributed by atoms with Crippen molar-refractivity contribution in [3.63, 3.8) is 0 Å². The van der Waals surface area contributed by atoms with Gasteiger partial charge in [-0.3, -0.25) is 0 Å². The molecule has 0 radical (unpaired) electrons. The molecule has 2 unspecified atom stereocenters. The van der Waals surface area contributed by atoms with Crippen LogP contribution < -0.4 is 0 Å². The fraction of sp³-hybridized carbons (Fsp3) is 0.941. The number of likely N-dealkylation sites (tertiary alicyclic amines) is 7. The Hall–Kier alpha value is -1.30. The number of ether oxygens (including phenoxy) is 5. The van der Waals surface area contributed by atoms with E-state index in [-0.39, 0.29) is 28.9 Å². The van der Waals surface area contributed by atoms with Crippen molar-refractivity contribution >= 4 is 0 Å².